The molecule has 1 heterocycles. The fourth-order valence-corrected chi connectivity index (χ4v) is 2.27. The van der Waals surface area contributed by atoms with Gasteiger partial charge >= 0.3 is 0 Å². The molecule has 1 aromatic heterocycles. The van der Waals surface area contributed by atoms with Crippen molar-refractivity contribution in [3.63, 3.8) is 0 Å². The summed E-state index contributed by atoms with van der Waals surface area (Å²) in [5, 5.41) is 8.70. The molecule has 0 aromatic carbocycles. The fourth-order valence-electron chi connectivity index (χ4n) is 1.09. The number of anilines is 1. The minimum absolute atomic E-state index is 0.0377. The normalized spacial score (nSPS) is 11.8. The number of nitrogen functional groups attached to an aromatic ring is 1. The highest BCUT2D eigenvalue weighted by Crippen LogP contribution is 2.15. The highest BCUT2D eigenvalue weighted by molar-refractivity contribution is 7.89. The summed E-state index contributed by atoms with van der Waals surface area (Å²) in [6.07, 6.45) is 1.34. The summed E-state index contributed by atoms with van der Waals surface area (Å²) < 4.78 is 24.9. The lowest BCUT2D eigenvalue weighted by Crippen LogP contribution is -2.29. The van der Waals surface area contributed by atoms with Crippen LogP contribution in [0.2, 0.25) is 0 Å². The Balaban J connectivity index is 3.06. The second-order valence-corrected chi connectivity index (χ2v) is 5.12. The predicted octanol–water partition coefficient (Wildman–Crippen LogP) is -1.02. The van der Waals surface area contributed by atoms with Gasteiger partial charge in [0.25, 0.3) is 0 Å². The molecule has 0 aliphatic carbocycles. The predicted molar refractivity (Wildman–Crippen MR) is 58.9 cm³/mol. The van der Waals surface area contributed by atoms with Crippen molar-refractivity contribution in [1.29, 1.82) is 0 Å². The van der Waals surface area contributed by atoms with E-state index in [0.717, 1.165) is 4.31 Å². The number of pyridine rings is 1. The topological polar surface area (TPSA) is 109 Å². The van der Waals surface area contributed by atoms with Crippen molar-refractivity contribution < 1.29 is 13.5 Å². The Hall–Kier alpha value is -1.22. The average Bonchev–Trinajstić information content (AvgIpc) is 2.29. The highest BCUT2D eigenvalue weighted by atomic mass is 32.2. The number of nitrogens with two attached hydrogens (primary N) is 1. The standard InChI is InChI=1S/C8H14N4O3S/c1-12(4-5-13)16(14,15)7-2-3-10-8(6-7)11-9/h2-3,6,13H,4-5,9H2,1H3,(H,10,11). The first kappa shape index (κ1) is 12.8. The monoisotopic (exact) mass is 246 g/mol. The van der Waals surface area contributed by atoms with Gasteiger partial charge in [0, 0.05) is 25.9 Å². The first-order chi connectivity index (χ1) is 7.52. The number of rotatable bonds is 5. The van der Waals surface area contributed by atoms with Crippen LogP contribution in [0.25, 0.3) is 0 Å². The minimum atomic E-state index is -3.60. The maximum Gasteiger partial charge on any atom is 0.243 e. The van der Waals surface area contributed by atoms with E-state index in [1.807, 2.05) is 0 Å². The van der Waals surface area contributed by atoms with Crippen molar-refractivity contribution in [2.45, 2.75) is 4.90 Å². The van der Waals surface area contributed by atoms with Crippen molar-refractivity contribution in [3.05, 3.63) is 18.3 Å². The van der Waals surface area contributed by atoms with E-state index in [-0.39, 0.29) is 23.9 Å². The maximum absolute atomic E-state index is 11.9. The van der Waals surface area contributed by atoms with Crippen LogP contribution >= 0.6 is 0 Å². The quantitative estimate of drug-likeness (QED) is 0.453. The molecule has 7 nitrogen and oxygen atoms in total. The van der Waals surface area contributed by atoms with Crippen molar-refractivity contribution >= 4 is 15.8 Å². The third-order valence-corrected chi connectivity index (χ3v) is 3.86. The largest absolute Gasteiger partial charge is 0.395 e. The summed E-state index contributed by atoms with van der Waals surface area (Å²) in [5.74, 6) is 5.40. The Labute approximate surface area is 93.9 Å². The number of aliphatic hydroxyl groups is 1. The number of hydrogen-bond donors (Lipinski definition) is 3. The summed E-state index contributed by atoms with van der Waals surface area (Å²) >= 11 is 0. The van der Waals surface area contributed by atoms with Gasteiger partial charge in [0.15, 0.2) is 0 Å². The summed E-state index contributed by atoms with van der Waals surface area (Å²) in [7, 11) is -2.21. The van der Waals surface area contributed by atoms with Gasteiger partial charge in [-0.2, -0.15) is 4.31 Å². The molecule has 90 valence electrons. The van der Waals surface area contributed by atoms with Gasteiger partial charge in [-0.05, 0) is 6.07 Å². The Bertz CT molecular complexity index is 448. The zero-order valence-corrected chi connectivity index (χ0v) is 9.61. The first-order valence-electron chi connectivity index (χ1n) is 4.52. The molecular weight excluding hydrogens is 232 g/mol. The van der Waals surface area contributed by atoms with E-state index in [4.69, 9.17) is 10.9 Å². The number of aromatic nitrogens is 1. The van der Waals surface area contributed by atoms with Crippen LogP contribution < -0.4 is 11.3 Å². The number of sulfonamides is 1. The fraction of sp³-hybridized carbons (Fsp3) is 0.375. The van der Waals surface area contributed by atoms with E-state index in [9.17, 15) is 8.42 Å². The molecule has 0 spiro atoms. The van der Waals surface area contributed by atoms with E-state index >= 15 is 0 Å². The molecule has 0 radical (unpaired) electrons. The molecule has 0 aliphatic heterocycles. The lowest BCUT2D eigenvalue weighted by atomic mass is 10.5. The smallest absolute Gasteiger partial charge is 0.243 e. The van der Waals surface area contributed by atoms with Gasteiger partial charge < -0.3 is 10.5 Å². The Morgan fingerprint density at radius 1 is 1.62 bits per heavy atom. The van der Waals surface area contributed by atoms with Crippen LogP contribution in [-0.4, -0.2) is 43.0 Å². The molecule has 0 fully saturated rings. The van der Waals surface area contributed by atoms with Crippen molar-refractivity contribution in [2.24, 2.45) is 5.84 Å². The third kappa shape index (κ3) is 2.67. The molecule has 8 heteroatoms. The SMILES string of the molecule is CN(CCO)S(=O)(=O)c1ccnc(NN)c1. The highest BCUT2D eigenvalue weighted by Gasteiger charge is 2.20. The number of likely N-dealkylation sites (N-methyl/N-ethyl adjacent to an activating group) is 1. The first-order valence-corrected chi connectivity index (χ1v) is 5.96. The number of aliphatic hydroxyl groups excluding tert-OH is 1. The van der Waals surface area contributed by atoms with E-state index in [1.54, 1.807) is 0 Å². The number of hydrazine groups is 1. The number of nitrogens with one attached hydrogen (secondary N) is 1. The molecule has 0 saturated heterocycles. The van der Waals surface area contributed by atoms with E-state index in [1.165, 1.54) is 25.4 Å². The van der Waals surface area contributed by atoms with Crippen molar-refractivity contribution in [2.75, 3.05) is 25.6 Å². The molecule has 0 saturated carbocycles. The zero-order valence-electron chi connectivity index (χ0n) is 8.79. The summed E-state index contributed by atoms with van der Waals surface area (Å²) in [5.41, 5.74) is 2.27. The molecule has 16 heavy (non-hydrogen) atoms. The van der Waals surface area contributed by atoms with Crippen LogP contribution in [0.15, 0.2) is 23.2 Å². The molecule has 0 amide bonds. The van der Waals surface area contributed by atoms with Gasteiger partial charge in [0.1, 0.15) is 5.82 Å². The summed E-state index contributed by atoms with van der Waals surface area (Å²) in [4.78, 5) is 3.88. The molecule has 4 N–H and O–H groups in total. The van der Waals surface area contributed by atoms with Gasteiger partial charge in [-0.3, -0.25) is 0 Å². The van der Waals surface area contributed by atoms with Gasteiger partial charge in [0.2, 0.25) is 10.0 Å². The van der Waals surface area contributed by atoms with Crippen molar-refractivity contribution in [1.82, 2.24) is 9.29 Å². The second kappa shape index (κ2) is 5.21. The van der Waals surface area contributed by atoms with Crippen LogP contribution in [0.5, 0.6) is 0 Å². The minimum Gasteiger partial charge on any atom is -0.395 e. The molecule has 0 aliphatic rings. The van der Waals surface area contributed by atoms with Crippen molar-refractivity contribution in [3.8, 4) is 0 Å². The second-order valence-electron chi connectivity index (χ2n) is 3.07. The lowest BCUT2D eigenvalue weighted by molar-refractivity contribution is 0.266. The van der Waals surface area contributed by atoms with Gasteiger partial charge in [-0.25, -0.2) is 19.2 Å². The Morgan fingerprint density at radius 2 is 2.31 bits per heavy atom. The number of nitrogens with zero attached hydrogens (tertiary/aromatic N) is 2. The van der Waals surface area contributed by atoms with Crippen LogP contribution in [0, 0.1) is 0 Å². The van der Waals surface area contributed by atoms with Crippen LogP contribution in [0.4, 0.5) is 5.82 Å². The Kier molecular flexibility index (Phi) is 4.19. The maximum atomic E-state index is 11.9. The molecule has 0 atom stereocenters. The van der Waals surface area contributed by atoms with E-state index < -0.39 is 10.0 Å². The van der Waals surface area contributed by atoms with Gasteiger partial charge in [-0.1, -0.05) is 0 Å². The van der Waals surface area contributed by atoms with E-state index in [0.29, 0.717) is 0 Å². The number of hydrogen-bond acceptors (Lipinski definition) is 6. The van der Waals surface area contributed by atoms with Crippen LogP contribution in [-0.2, 0) is 10.0 Å². The summed E-state index contributed by atoms with van der Waals surface area (Å²) in [6.45, 7) is -0.196. The molecule has 1 aromatic rings. The van der Waals surface area contributed by atoms with Crippen LogP contribution in [0.3, 0.4) is 0 Å². The molecule has 0 unspecified atom stereocenters. The van der Waals surface area contributed by atoms with Crippen LogP contribution in [0.1, 0.15) is 0 Å². The average molecular weight is 246 g/mol. The summed E-state index contributed by atoms with van der Waals surface area (Å²) in [6, 6.07) is 2.69. The van der Waals surface area contributed by atoms with Gasteiger partial charge in [0.05, 0.1) is 11.5 Å². The lowest BCUT2D eigenvalue weighted by Gasteiger charge is -2.15. The van der Waals surface area contributed by atoms with E-state index in [2.05, 4.69) is 10.4 Å². The third-order valence-electron chi connectivity index (χ3n) is 2.00. The molecule has 0 bridgehead atoms. The van der Waals surface area contributed by atoms with Gasteiger partial charge in [-0.15, -0.1) is 0 Å². The zero-order chi connectivity index (χ0) is 12.2. The molecule has 1 rings (SSSR count). The Morgan fingerprint density at radius 3 is 2.88 bits per heavy atom. The molecular formula is C8H14N4O3S.